The SMILES string of the molecule is CC.CC.CC.CC1(C)c2ccc3ccccc3c2-c2ccc3c(ccc4ccccc43)c21. The van der Waals surface area contributed by atoms with Crippen LogP contribution in [0.2, 0.25) is 0 Å². The predicted molar refractivity (Wildman–Crippen MR) is 151 cm³/mol. The van der Waals surface area contributed by atoms with Crippen LogP contribution in [0.5, 0.6) is 0 Å². The van der Waals surface area contributed by atoms with E-state index in [4.69, 9.17) is 0 Å². The number of hydrogen-bond acceptors (Lipinski definition) is 0. The van der Waals surface area contributed by atoms with Crippen LogP contribution in [0, 0.1) is 0 Å². The lowest BCUT2D eigenvalue weighted by Gasteiger charge is -2.23. The Morgan fingerprint density at radius 2 is 0.970 bits per heavy atom. The molecule has 0 fully saturated rings. The zero-order valence-corrected chi connectivity index (χ0v) is 21.6. The van der Waals surface area contributed by atoms with E-state index in [-0.39, 0.29) is 5.41 Å². The molecular formula is C33H38. The van der Waals surface area contributed by atoms with Crippen molar-refractivity contribution in [2.75, 3.05) is 0 Å². The molecule has 170 valence electrons. The summed E-state index contributed by atoms with van der Waals surface area (Å²) in [4.78, 5) is 0. The third-order valence-electron chi connectivity index (χ3n) is 6.42. The summed E-state index contributed by atoms with van der Waals surface area (Å²) in [6.45, 7) is 16.8. The molecule has 0 N–H and O–H groups in total. The van der Waals surface area contributed by atoms with Crippen molar-refractivity contribution < 1.29 is 0 Å². The van der Waals surface area contributed by atoms with Gasteiger partial charge in [0.2, 0.25) is 0 Å². The van der Waals surface area contributed by atoms with Crippen molar-refractivity contribution in [2.24, 2.45) is 0 Å². The minimum atomic E-state index is -0.00331. The Bertz CT molecular complexity index is 1390. The van der Waals surface area contributed by atoms with Gasteiger partial charge in [0.1, 0.15) is 0 Å². The summed E-state index contributed by atoms with van der Waals surface area (Å²) < 4.78 is 0. The van der Waals surface area contributed by atoms with Crippen LogP contribution in [-0.4, -0.2) is 0 Å². The van der Waals surface area contributed by atoms with Crippen molar-refractivity contribution in [1.82, 2.24) is 0 Å². The molecule has 0 unspecified atom stereocenters. The van der Waals surface area contributed by atoms with Crippen molar-refractivity contribution in [3.63, 3.8) is 0 Å². The first-order valence-electron chi connectivity index (χ1n) is 12.6. The molecule has 0 saturated heterocycles. The monoisotopic (exact) mass is 434 g/mol. The Labute approximate surface area is 200 Å². The maximum atomic E-state index is 2.38. The van der Waals surface area contributed by atoms with Gasteiger partial charge in [-0.05, 0) is 54.6 Å². The Morgan fingerprint density at radius 3 is 1.64 bits per heavy atom. The molecule has 0 saturated carbocycles. The second-order valence-corrected chi connectivity index (χ2v) is 8.20. The summed E-state index contributed by atoms with van der Waals surface area (Å²) in [5, 5.41) is 8.08. The van der Waals surface area contributed by atoms with Gasteiger partial charge in [-0.25, -0.2) is 0 Å². The quantitative estimate of drug-likeness (QED) is 0.213. The standard InChI is InChI=1S/C27H20.3C2H6/c1-27(2)24-16-12-18-8-4-6-10-20(18)25(24)23-15-14-21-19-9-5-3-7-17(19)11-13-22(21)26(23)27;3*1-2/h3-16H,1-2H3;3*1-2H3. The fraction of sp³-hybridized carbons (Fsp3) is 0.273. The number of fused-ring (bicyclic) bond motifs is 9. The molecular weight excluding hydrogens is 396 g/mol. The van der Waals surface area contributed by atoms with Crippen molar-refractivity contribution in [2.45, 2.75) is 60.8 Å². The van der Waals surface area contributed by atoms with E-state index in [0.29, 0.717) is 0 Å². The Balaban J connectivity index is 0.000000475. The molecule has 0 radical (unpaired) electrons. The second kappa shape index (κ2) is 10.2. The van der Waals surface area contributed by atoms with Gasteiger partial charge in [-0.15, -0.1) is 0 Å². The molecule has 0 spiro atoms. The van der Waals surface area contributed by atoms with E-state index in [1.54, 1.807) is 0 Å². The van der Waals surface area contributed by atoms with Crippen LogP contribution in [0.3, 0.4) is 0 Å². The highest BCUT2D eigenvalue weighted by Crippen LogP contribution is 2.53. The van der Waals surface area contributed by atoms with Crippen molar-refractivity contribution in [3.8, 4) is 11.1 Å². The molecule has 0 nitrogen and oxygen atoms in total. The summed E-state index contributed by atoms with van der Waals surface area (Å²) in [6, 6.07) is 31.4. The molecule has 1 aliphatic rings. The Kier molecular flexibility index (Phi) is 7.59. The van der Waals surface area contributed by atoms with Gasteiger partial charge in [0.15, 0.2) is 0 Å². The van der Waals surface area contributed by atoms with Crippen LogP contribution in [0.1, 0.15) is 66.5 Å². The van der Waals surface area contributed by atoms with Crippen molar-refractivity contribution in [3.05, 3.63) is 96.1 Å². The molecule has 6 rings (SSSR count). The van der Waals surface area contributed by atoms with E-state index in [9.17, 15) is 0 Å². The molecule has 0 heterocycles. The highest BCUT2D eigenvalue weighted by Gasteiger charge is 2.37. The second-order valence-electron chi connectivity index (χ2n) is 8.20. The molecule has 0 aliphatic heterocycles. The predicted octanol–water partition coefficient (Wildman–Crippen LogP) is 10.5. The van der Waals surface area contributed by atoms with Gasteiger partial charge >= 0.3 is 0 Å². The van der Waals surface area contributed by atoms with E-state index < -0.39 is 0 Å². The summed E-state index contributed by atoms with van der Waals surface area (Å²) in [5.41, 5.74) is 5.73. The average Bonchev–Trinajstić information content (AvgIpc) is 3.14. The zero-order valence-electron chi connectivity index (χ0n) is 21.6. The number of hydrogen-bond donors (Lipinski definition) is 0. The lowest BCUT2D eigenvalue weighted by molar-refractivity contribution is 0.667. The molecule has 0 amide bonds. The third-order valence-corrected chi connectivity index (χ3v) is 6.42. The third kappa shape index (κ3) is 3.82. The van der Waals surface area contributed by atoms with Gasteiger partial charge in [0.25, 0.3) is 0 Å². The van der Waals surface area contributed by atoms with Crippen LogP contribution in [0.15, 0.2) is 84.9 Å². The average molecular weight is 435 g/mol. The van der Waals surface area contributed by atoms with Crippen molar-refractivity contribution in [1.29, 1.82) is 0 Å². The first kappa shape index (κ1) is 24.5. The number of rotatable bonds is 0. The maximum Gasteiger partial charge on any atom is 0.0165 e. The first-order chi connectivity index (χ1) is 16.2. The van der Waals surface area contributed by atoms with E-state index in [1.165, 1.54) is 54.6 Å². The topological polar surface area (TPSA) is 0 Å². The van der Waals surface area contributed by atoms with Gasteiger partial charge in [-0.2, -0.15) is 0 Å². The normalized spacial score (nSPS) is 12.5. The molecule has 0 aromatic heterocycles. The van der Waals surface area contributed by atoms with E-state index in [1.807, 2.05) is 41.5 Å². The van der Waals surface area contributed by atoms with Crippen LogP contribution < -0.4 is 0 Å². The van der Waals surface area contributed by atoms with Crippen LogP contribution in [0.25, 0.3) is 43.4 Å². The molecule has 0 atom stereocenters. The van der Waals surface area contributed by atoms with Gasteiger partial charge in [0.05, 0.1) is 0 Å². The minimum absolute atomic E-state index is 0.00331. The highest BCUT2D eigenvalue weighted by molar-refractivity contribution is 6.13. The van der Waals surface area contributed by atoms with Gasteiger partial charge < -0.3 is 0 Å². The fourth-order valence-electron chi connectivity index (χ4n) is 5.19. The van der Waals surface area contributed by atoms with Gasteiger partial charge in [-0.3, -0.25) is 0 Å². The van der Waals surface area contributed by atoms with Gasteiger partial charge in [-0.1, -0.05) is 140 Å². The molecule has 1 aliphatic carbocycles. The summed E-state index contributed by atoms with van der Waals surface area (Å²) in [5.74, 6) is 0. The van der Waals surface area contributed by atoms with E-state index >= 15 is 0 Å². The van der Waals surface area contributed by atoms with E-state index in [0.717, 1.165) is 0 Å². The molecule has 33 heavy (non-hydrogen) atoms. The Hall–Kier alpha value is -3.12. The first-order valence-corrected chi connectivity index (χ1v) is 12.6. The zero-order chi connectivity index (χ0) is 24.2. The lowest BCUT2D eigenvalue weighted by Crippen LogP contribution is -2.15. The minimum Gasteiger partial charge on any atom is -0.0683 e. The fourth-order valence-corrected chi connectivity index (χ4v) is 5.19. The Morgan fingerprint density at radius 1 is 0.455 bits per heavy atom. The van der Waals surface area contributed by atoms with E-state index in [2.05, 4.69) is 98.8 Å². The van der Waals surface area contributed by atoms with Crippen LogP contribution in [-0.2, 0) is 5.41 Å². The summed E-state index contributed by atoms with van der Waals surface area (Å²) in [7, 11) is 0. The lowest BCUT2D eigenvalue weighted by atomic mass is 9.79. The maximum absolute atomic E-state index is 2.38. The number of benzene rings is 5. The molecule has 0 bridgehead atoms. The smallest absolute Gasteiger partial charge is 0.0165 e. The summed E-state index contributed by atoms with van der Waals surface area (Å²) in [6.07, 6.45) is 0. The molecule has 5 aromatic rings. The van der Waals surface area contributed by atoms with Crippen LogP contribution in [0.4, 0.5) is 0 Å². The molecule has 0 heteroatoms. The van der Waals surface area contributed by atoms with Crippen LogP contribution >= 0.6 is 0 Å². The largest absolute Gasteiger partial charge is 0.0683 e. The van der Waals surface area contributed by atoms with Gasteiger partial charge in [0, 0.05) is 5.41 Å². The highest BCUT2D eigenvalue weighted by atomic mass is 14.4. The molecule has 5 aromatic carbocycles. The summed E-state index contributed by atoms with van der Waals surface area (Å²) >= 11 is 0. The van der Waals surface area contributed by atoms with Crippen molar-refractivity contribution >= 4 is 32.3 Å².